The average Bonchev–Trinajstić information content (AvgIpc) is 2.27. The zero-order valence-electron chi connectivity index (χ0n) is 7.62. The molecular formula is C10H13NOS. The summed E-state index contributed by atoms with van der Waals surface area (Å²) in [7, 11) is 0. The van der Waals surface area contributed by atoms with E-state index in [1.807, 2.05) is 23.9 Å². The lowest BCUT2D eigenvalue weighted by molar-refractivity contribution is 0.204. The lowest BCUT2D eigenvalue weighted by Crippen LogP contribution is -2.26. The summed E-state index contributed by atoms with van der Waals surface area (Å²) in [6, 6.07) is 6.10. The van der Waals surface area contributed by atoms with E-state index >= 15 is 0 Å². The number of thioether (sulfide) groups is 1. The molecule has 2 N–H and O–H groups in total. The Bertz CT molecular complexity index is 314. The van der Waals surface area contributed by atoms with Crippen LogP contribution in [0.4, 0.5) is 0 Å². The summed E-state index contributed by atoms with van der Waals surface area (Å²) in [5, 5.41) is 0. The molecule has 1 aliphatic rings. The number of hydrogen-bond acceptors (Lipinski definition) is 3. The molecule has 13 heavy (non-hydrogen) atoms. The summed E-state index contributed by atoms with van der Waals surface area (Å²) in [5.41, 5.74) is 7.04. The standard InChI is InChI=1S/C10H13NOS/c1-7-3-2-4-8-10(7)13-6-5-9(11)12-8/h2-4,9H,5-6,11H2,1H3. The SMILES string of the molecule is Cc1cccc2c1SCCC(N)O2. The smallest absolute Gasteiger partial charge is 0.148 e. The van der Waals surface area contributed by atoms with Gasteiger partial charge in [0, 0.05) is 12.2 Å². The Kier molecular flexibility index (Phi) is 2.47. The van der Waals surface area contributed by atoms with E-state index < -0.39 is 0 Å². The van der Waals surface area contributed by atoms with Crippen molar-refractivity contribution < 1.29 is 4.74 Å². The van der Waals surface area contributed by atoms with Crippen molar-refractivity contribution in [3.63, 3.8) is 0 Å². The maximum absolute atomic E-state index is 5.76. The van der Waals surface area contributed by atoms with Gasteiger partial charge in [-0.2, -0.15) is 0 Å². The number of aryl methyl sites for hydroxylation is 1. The Balaban J connectivity index is 2.39. The molecule has 1 aromatic carbocycles. The van der Waals surface area contributed by atoms with Gasteiger partial charge in [0.15, 0.2) is 0 Å². The summed E-state index contributed by atoms with van der Waals surface area (Å²) < 4.78 is 5.59. The zero-order valence-corrected chi connectivity index (χ0v) is 8.43. The van der Waals surface area contributed by atoms with E-state index in [4.69, 9.17) is 10.5 Å². The number of ether oxygens (including phenoxy) is 1. The van der Waals surface area contributed by atoms with Crippen LogP contribution in [0.25, 0.3) is 0 Å². The largest absolute Gasteiger partial charge is 0.474 e. The predicted octanol–water partition coefficient (Wildman–Crippen LogP) is 2.15. The molecule has 70 valence electrons. The van der Waals surface area contributed by atoms with Crippen molar-refractivity contribution in [3.8, 4) is 5.75 Å². The molecule has 2 nitrogen and oxygen atoms in total. The Morgan fingerprint density at radius 3 is 3.23 bits per heavy atom. The van der Waals surface area contributed by atoms with Crippen molar-refractivity contribution in [3.05, 3.63) is 23.8 Å². The van der Waals surface area contributed by atoms with Crippen molar-refractivity contribution in [1.82, 2.24) is 0 Å². The monoisotopic (exact) mass is 195 g/mol. The average molecular weight is 195 g/mol. The number of rotatable bonds is 0. The van der Waals surface area contributed by atoms with Crippen LogP contribution in [0, 0.1) is 6.92 Å². The molecule has 0 aromatic heterocycles. The van der Waals surface area contributed by atoms with Gasteiger partial charge in [-0.1, -0.05) is 12.1 Å². The number of fused-ring (bicyclic) bond motifs is 1. The lowest BCUT2D eigenvalue weighted by Gasteiger charge is -2.12. The second-order valence-electron chi connectivity index (χ2n) is 3.20. The van der Waals surface area contributed by atoms with Crippen molar-refractivity contribution >= 4 is 11.8 Å². The molecule has 1 unspecified atom stereocenters. The fourth-order valence-electron chi connectivity index (χ4n) is 1.40. The van der Waals surface area contributed by atoms with Gasteiger partial charge in [-0.05, 0) is 18.6 Å². The van der Waals surface area contributed by atoms with Gasteiger partial charge in [-0.25, -0.2) is 0 Å². The van der Waals surface area contributed by atoms with Crippen LogP contribution in [0.3, 0.4) is 0 Å². The fraction of sp³-hybridized carbons (Fsp3) is 0.400. The normalized spacial score (nSPS) is 21.5. The molecule has 0 radical (unpaired) electrons. The van der Waals surface area contributed by atoms with E-state index in [9.17, 15) is 0 Å². The molecular weight excluding hydrogens is 182 g/mol. The molecule has 0 spiro atoms. The highest BCUT2D eigenvalue weighted by molar-refractivity contribution is 7.99. The molecule has 0 saturated heterocycles. The second kappa shape index (κ2) is 3.60. The lowest BCUT2D eigenvalue weighted by atomic mass is 10.2. The van der Waals surface area contributed by atoms with Crippen LogP contribution in [0.1, 0.15) is 12.0 Å². The van der Waals surface area contributed by atoms with Gasteiger partial charge in [0.1, 0.15) is 12.0 Å². The summed E-state index contributed by atoms with van der Waals surface area (Å²) in [6.45, 7) is 2.10. The van der Waals surface area contributed by atoms with Gasteiger partial charge in [0.25, 0.3) is 0 Å². The first-order valence-electron chi connectivity index (χ1n) is 4.42. The van der Waals surface area contributed by atoms with E-state index in [0.29, 0.717) is 0 Å². The molecule has 1 atom stereocenters. The number of hydrogen-bond donors (Lipinski definition) is 1. The highest BCUT2D eigenvalue weighted by atomic mass is 32.2. The molecule has 1 aromatic rings. The van der Waals surface area contributed by atoms with E-state index in [0.717, 1.165) is 17.9 Å². The highest BCUT2D eigenvalue weighted by Gasteiger charge is 2.15. The quantitative estimate of drug-likeness (QED) is 0.689. The molecule has 1 heterocycles. The van der Waals surface area contributed by atoms with Crippen LogP contribution in [-0.4, -0.2) is 12.0 Å². The molecule has 0 fully saturated rings. The maximum Gasteiger partial charge on any atom is 0.148 e. The summed E-state index contributed by atoms with van der Waals surface area (Å²) in [5.74, 6) is 1.98. The Labute approximate surface area is 82.5 Å². The van der Waals surface area contributed by atoms with Crippen LogP contribution in [0.2, 0.25) is 0 Å². The van der Waals surface area contributed by atoms with Crippen molar-refractivity contribution in [2.75, 3.05) is 5.75 Å². The molecule has 0 saturated carbocycles. The van der Waals surface area contributed by atoms with E-state index in [2.05, 4.69) is 13.0 Å². The van der Waals surface area contributed by atoms with Crippen LogP contribution in [0.15, 0.2) is 23.1 Å². The number of benzene rings is 1. The van der Waals surface area contributed by atoms with Crippen LogP contribution < -0.4 is 10.5 Å². The Morgan fingerprint density at radius 2 is 2.38 bits per heavy atom. The first-order valence-corrected chi connectivity index (χ1v) is 5.40. The highest BCUT2D eigenvalue weighted by Crippen LogP contribution is 2.35. The first kappa shape index (κ1) is 8.91. The second-order valence-corrected chi connectivity index (χ2v) is 4.30. The molecule has 0 amide bonds. The van der Waals surface area contributed by atoms with Gasteiger partial charge < -0.3 is 4.74 Å². The Morgan fingerprint density at radius 1 is 1.54 bits per heavy atom. The van der Waals surface area contributed by atoms with Crippen molar-refractivity contribution in [1.29, 1.82) is 0 Å². The van der Waals surface area contributed by atoms with Gasteiger partial charge in [-0.15, -0.1) is 11.8 Å². The van der Waals surface area contributed by atoms with E-state index in [-0.39, 0.29) is 6.23 Å². The minimum absolute atomic E-state index is 0.143. The van der Waals surface area contributed by atoms with Crippen molar-refractivity contribution in [2.24, 2.45) is 5.73 Å². The zero-order chi connectivity index (χ0) is 9.26. The molecule has 1 aliphatic heterocycles. The van der Waals surface area contributed by atoms with Gasteiger partial charge in [0.2, 0.25) is 0 Å². The third-order valence-corrected chi connectivity index (χ3v) is 3.35. The molecule has 0 bridgehead atoms. The maximum atomic E-state index is 5.76. The summed E-state index contributed by atoms with van der Waals surface area (Å²) >= 11 is 1.83. The minimum atomic E-state index is -0.143. The van der Waals surface area contributed by atoms with E-state index in [1.165, 1.54) is 10.5 Å². The van der Waals surface area contributed by atoms with Crippen LogP contribution in [0.5, 0.6) is 5.75 Å². The van der Waals surface area contributed by atoms with Gasteiger partial charge >= 0.3 is 0 Å². The van der Waals surface area contributed by atoms with Crippen LogP contribution in [-0.2, 0) is 0 Å². The molecule has 0 aliphatic carbocycles. The third kappa shape index (κ3) is 1.81. The van der Waals surface area contributed by atoms with E-state index in [1.54, 1.807) is 0 Å². The first-order chi connectivity index (χ1) is 6.27. The van der Waals surface area contributed by atoms with Crippen molar-refractivity contribution in [2.45, 2.75) is 24.5 Å². The molecule has 3 heteroatoms. The topological polar surface area (TPSA) is 35.2 Å². The number of nitrogens with two attached hydrogens (primary N) is 1. The summed E-state index contributed by atoms with van der Waals surface area (Å²) in [4.78, 5) is 1.25. The Hall–Kier alpha value is -0.670. The molecule has 2 rings (SSSR count). The predicted molar refractivity (Wildman–Crippen MR) is 55.1 cm³/mol. The van der Waals surface area contributed by atoms with Crippen LogP contribution >= 0.6 is 11.8 Å². The van der Waals surface area contributed by atoms with Gasteiger partial charge in [0.05, 0.1) is 4.90 Å². The van der Waals surface area contributed by atoms with Gasteiger partial charge in [-0.3, -0.25) is 5.73 Å². The summed E-state index contributed by atoms with van der Waals surface area (Å²) in [6.07, 6.45) is 0.772. The minimum Gasteiger partial charge on any atom is -0.474 e. The third-order valence-electron chi connectivity index (χ3n) is 2.10. The fourth-order valence-corrected chi connectivity index (χ4v) is 2.51.